The summed E-state index contributed by atoms with van der Waals surface area (Å²) >= 11 is 0. The maximum Gasteiger partial charge on any atom is 0.418 e. The Kier molecular flexibility index (Phi) is 7.48. The molecule has 7 heteroatoms. The Morgan fingerprint density at radius 3 is 1.35 bits per heavy atom. The molecule has 0 amide bonds. The molecule has 0 radical (unpaired) electrons. The molecule has 262 valence electrons. The molecule has 0 bridgehead atoms. The quantitative estimate of drug-likeness (QED) is 0.162. The van der Waals surface area contributed by atoms with Crippen LogP contribution in [-0.2, 0) is 17.0 Å². The van der Waals surface area contributed by atoms with E-state index in [-0.39, 0.29) is 27.8 Å². The van der Waals surface area contributed by atoms with Crippen LogP contribution in [0.4, 0.5) is 22.0 Å². The zero-order valence-corrected chi connectivity index (χ0v) is 29.8. The first kappa shape index (κ1) is 33.7. The summed E-state index contributed by atoms with van der Waals surface area (Å²) in [5, 5.41) is 3.17. The normalized spacial score (nSPS) is 12.9. The summed E-state index contributed by atoms with van der Waals surface area (Å²) in [5.74, 6) is -1.75. The average Bonchev–Trinajstić information content (AvgIpc) is 3.59. The van der Waals surface area contributed by atoms with Gasteiger partial charge in [0.15, 0.2) is 0 Å². The SMILES string of the molecule is CC(C)(C)c1ccc2c3ccccc3n(-c3cc(C(F)(F)F)c(-n4c5ccccc5c5ccc(C(C)(C)C)cc54)cc3-c3c(F)cccc3F)c2c1. The van der Waals surface area contributed by atoms with E-state index < -0.39 is 28.9 Å². The number of para-hydroxylation sites is 2. The molecule has 8 rings (SSSR count). The summed E-state index contributed by atoms with van der Waals surface area (Å²) in [5.41, 5.74) is 2.18. The standard InChI is InChI=1S/C45H37F5N2/c1-43(2,3)26-18-20-30-28-12-7-9-16-36(28)51(38(30)22-26)40-25-33(45(48,49)50)41(24-32(40)42-34(46)14-11-15-35(42)47)52-37-17-10-8-13-29(37)31-21-19-27(23-39(31)52)44(4,5)6/h7-25H,1-6H3. The first-order chi connectivity index (χ1) is 24.5. The Labute approximate surface area is 298 Å². The van der Waals surface area contributed by atoms with E-state index in [9.17, 15) is 0 Å². The molecule has 0 aliphatic carbocycles. The number of hydrogen-bond acceptors (Lipinski definition) is 0. The van der Waals surface area contributed by atoms with Crippen LogP contribution >= 0.6 is 0 Å². The predicted octanol–water partition coefficient (Wildman–Crippen LogP) is 13.4. The largest absolute Gasteiger partial charge is 0.418 e. The van der Waals surface area contributed by atoms with Gasteiger partial charge >= 0.3 is 6.18 Å². The van der Waals surface area contributed by atoms with E-state index in [2.05, 4.69) is 20.8 Å². The Bertz CT molecular complexity index is 2690. The van der Waals surface area contributed by atoms with Crippen molar-refractivity contribution in [3.8, 4) is 22.5 Å². The van der Waals surface area contributed by atoms with Crippen molar-refractivity contribution in [2.75, 3.05) is 0 Å². The first-order valence-electron chi connectivity index (χ1n) is 17.3. The van der Waals surface area contributed by atoms with Crippen LogP contribution in [0.5, 0.6) is 0 Å². The molecule has 0 fully saturated rings. The maximum atomic E-state index is 16.0. The number of fused-ring (bicyclic) bond motifs is 6. The van der Waals surface area contributed by atoms with Crippen molar-refractivity contribution in [2.45, 2.75) is 58.5 Å². The van der Waals surface area contributed by atoms with Gasteiger partial charge in [-0.05, 0) is 70.5 Å². The van der Waals surface area contributed by atoms with Crippen LogP contribution in [0.15, 0.2) is 115 Å². The van der Waals surface area contributed by atoms with E-state index in [0.717, 1.165) is 50.9 Å². The van der Waals surface area contributed by atoms with E-state index in [4.69, 9.17) is 0 Å². The summed E-state index contributed by atoms with van der Waals surface area (Å²) in [7, 11) is 0. The second kappa shape index (κ2) is 11.5. The summed E-state index contributed by atoms with van der Waals surface area (Å²) in [4.78, 5) is 0. The lowest BCUT2D eigenvalue weighted by Crippen LogP contribution is -2.14. The Morgan fingerprint density at radius 1 is 0.442 bits per heavy atom. The van der Waals surface area contributed by atoms with Gasteiger partial charge in [0.1, 0.15) is 11.6 Å². The minimum atomic E-state index is -4.84. The van der Waals surface area contributed by atoms with Crippen molar-refractivity contribution in [2.24, 2.45) is 0 Å². The minimum Gasteiger partial charge on any atom is -0.309 e. The summed E-state index contributed by atoms with van der Waals surface area (Å²) < 4.78 is 82.5. The van der Waals surface area contributed by atoms with Crippen LogP contribution in [0.3, 0.4) is 0 Å². The van der Waals surface area contributed by atoms with Gasteiger partial charge in [0.2, 0.25) is 0 Å². The third kappa shape index (κ3) is 5.28. The lowest BCUT2D eigenvalue weighted by molar-refractivity contribution is -0.137. The molecule has 0 saturated heterocycles. The fourth-order valence-electron chi connectivity index (χ4n) is 7.52. The molecule has 52 heavy (non-hydrogen) atoms. The molecular weight excluding hydrogens is 663 g/mol. The van der Waals surface area contributed by atoms with E-state index in [1.807, 2.05) is 93.6 Å². The maximum absolute atomic E-state index is 16.0. The monoisotopic (exact) mass is 700 g/mol. The third-order valence-corrected chi connectivity index (χ3v) is 10.2. The van der Waals surface area contributed by atoms with Crippen molar-refractivity contribution < 1.29 is 22.0 Å². The van der Waals surface area contributed by atoms with Crippen LogP contribution < -0.4 is 0 Å². The smallest absolute Gasteiger partial charge is 0.309 e. The van der Waals surface area contributed by atoms with Crippen molar-refractivity contribution in [1.29, 1.82) is 0 Å². The van der Waals surface area contributed by atoms with Gasteiger partial charge in [-0.1, -0.05) is 108 Å². The van der Waals surface area contributed by atoms with Crippen LogP contribution in [-0.4, -0.2) is 9.13 Å². The summed E-state index contributed by atoms with van der Waals surface area (Å²) in [6, 6.07) is 32.5. The highest BCUT2D eigenvalue weighted by Crippen LogP contribution is 2.46. The van der Waals surface area contributed by atoms with Gasteiger partial charge in [-0.2, -0.15) is 13.2 Å². The highest BCUT2D eigenvalue weighted by molar-refractivity contribution is 6.11. The van der Waals surface area contributed by atoms with Crippen LogP contribution in [0.25, 0.3) is 66.1 Å². The van der Waals surface area contributed by atoms with E-state index >= 15 is 22.0 Å². The second-order valence-electron chi connectivity index (χ2n) is 15.6. The number of rotatable bonds is 3. The number of hydrogen-bond donors (Lipinski definition) is 0. The molecule has 8 aromatic rings. The van der Waals surface area contributed by atoms with Crippen molar-refractivity contribution >= 4 is 43.6 Å². The molecule has 6 aromatic carbocycles. The fraction of sp³-hybridized carbons (Fsp3) is 0.200. The van der Waals surface area contributed by atoms with E-state index in [1.54, 1.807) is 21.3 Å². The number of alkyl halides is 3. The van der Waals surface area contributed by atoms with Crippen molar-refractivity contribution in [1.82, 2.24) is 9.13 Å². The molecule has 0 unspecified atom stereocenters. The molecule has 0 atom stereocenters. The topological polar surface area (TPSA) is 9.86 Å². The summed E-state index contributed by atoms with van der Waals surface area (Å²) in [6.07, 6.45) is -4.84. The molecular formula is C45H37F5N2. The number of benzene rings is 6. The number of nitrogens with zero attached hydrogens (tertiary/aromatic N) is 2. The molecule has 0 saturated carbocycles. The van der Waals surface area contributed by atoms with Gasteiger partial charge in [-0.15, -0.1) is 0 Å². The first-order valence-corrected chi connectivity index (χ1v) is 17.3. The molecule has 2 aromatic heterocycles. The van der Waals surface area contributed by atoms with Gasteiger partial charge in [0.05, 0.1) is 44.6 Å². The lowest BCUT2D eigenvalue weighted by Gasteiger charge is -2.24. The van der Waals surface area contributed by atoms with Crippen LogP contribution in [0.1, 0.15) is 58.2 Å². The van der Waals surface area contributed by atoms with Crippen LogP contribution in [0, 0.1) is 11.6 Å². The Morgan fingerprint density at radius 2 is 0.885 bits per heavy atom. The zero-order chi connectivity index (χ0) is 36.9. The highest BCUT2D eigenvalue weighted by Gasteiger charge is 2.37. The lowest BCUT2D eigenvalue weighted by atomic mass is 9.86. The number of aromatic nitrogens is 2. The molecule has 0 spiro atoms. The van der Waals surface area contributed by atoms with Crippen LogP contribution in [0.2, 0.25) is 0 Å². The van der Waals surface area contributed by atoms with Gasteiger partial charge in [-0.3, -0.25) is 0 Å². The predicted molar refractivity (Wildman–Crippen MR) is 203 cm³/mol. The second-order valence-corrected chi connectivity index (χ2v) is 15.6. The molecule has 2 nitrogen and oxygen atoms in total. The van der Waals surface area contributed by atoms with Gasteiger partial charge in [0, 0.05) is 27.1 Å². The third-order valence-electron chi connectivity index (χ3n) is 10.2. The van der Waals surface area contributed by atoms with Gasteiger partial charge < -0.3 is 9.13 Å². The molecule has 0 aliphatic rings. The fourth-order valence-corrected chi connectivity index (χ4v) is 7.52. The average molecular weight is 701 g/mol. The minimum absolute atomic E-state index is 0.000298. The molecule has 0 N–H and O–H groups in total. The number of halogens is 5. The molecule has 0 aliphatic heterocycles. The van der Waals surface area contributed by atoms with Gasteiger partial charge in [-0.25, -0.2) is 8.78 Å². The van der Waals surface area contributed by atoms with E-state index in [0.29, 0.717) is 22.1 Å². The van der Waals surface area contributed by atoms with E-state index in [1.165, 1.54) is 12.1 Å². The molecule has 2 heterocycles. The van der Waals surface area contributed by atoms with Gasteiger partial charge in [0.25, 0.3) is 0 Å². The van der Waals surface area contributed by atoms with Crippen molar-refractivity contribution in [3.05, 3.63) is 144 Å². The zero-order valence-electron chi connectivity index (χ0n) is 29.8. The van der Waals surface area contributed by atoms with Crippen molar-refractivity contribution in [3.63, 3.8) is 0 Å². The Hall–Kier alpha value is -5.43. The Balaban J connectivity index is 1.59. The highest BCUT2D eigenvalue weighted by atomic mass is 19.4. The summed E-state index contributed by atoms with van der Waals surface area (Å²) in [6.45, 7) is 12.3.